The van der Waals surface area contributed by atoms with Crippen LogP contribution in [0, 0.1) is 0 Å². The van der Waals surface area contributed by atoms with Crippen LogP contribution in [0.4, 0.5) is 11.6 Å². The molecule has 1 unspecified atom stereocenters. The maximum atomic E-state index is 5.63. The molecule has 0 aliphatic carbocycles. The lowest BCUT2D eigenvalue weighted by atomic mass is 9.99. The van der Waals surface area contributed by atoms with Crippen molar-refractivity contribution in [3.05, 3.63) is 35.7 Å². The van der Waals surface area contributed by atoms with Gasteiger partial charge in [-0.3, -0.25) is 0 Å². The largest absolute Gasteiger partial charge is 0.495 e. The van der Waals surface area contributed by atoms with E-state index in [1.165, 1.54) is 11.1 Å². The van der Waals surface area contributed by atoms with Gasteiger partial charge >= 0.3 is 0 Å². The number of nitrogens with one attached hydrogen (secondary N) is 1. The van der Waals surface area contributed by atoms with E-state index in [2.05, 4.69) is 53.3 Å². The van der Waals surface area contributed by atoms with E-state index in [9.17, 15) is 0 Å². The van der Waals surface area contributed by atoms with E-state index < -0.39 is 0 Å². The van der Waals surface area contributed by atoms with Gasteiger partial charge in [0, 0.05) is 19.3 Å². The van der Waals surface area contributed by atoms with E-state index in [4.69, 9.17) is 9.72 Å². The topological polar surface area (TPSA) is 68.1 Å². The Labute approximate surface area is 165 Å². The molecule has 0 fully saturated rings. The molecule has 0 saturated heterocycles. The van der Waals surface area contributed by atoms with Crippen LogP contribution in [0.3, 0.4) is 0 Å². The maximum absolute atomic E-state index is 5.63. The van der Waals surface area contributed by atoms with Crippen molar-refractivity contribution >= 4 is 22.7 Å². The summed E-state index contributed by atoms with van der Waals surface area (Å²) in [6, 6.07) is 4.60. The first-order valence-corrected chi connectivity index (χ1v) is 9.94. The molecule has 7 heteroatoms. The van der Waals surface area contributed by atoms with E-state index in [1.54, 1.807) is 7.11 Å². The van der Waals surface area contributed by atoms with Crippen molar-refractivity contribution in [2.75, 3.05) is 26.0 Å². The van der Waals surface area contributed by atoms with Crippen molar-refractivity contribution in [1.82, 2.24) is 24.6 Å². The highest BCUT2D eigenvalue weighted by Crippen LogP contribution is 2.33. The molecular formula is C21H28N6O. The van der Waals surface area contributed by atoms with Gasteiger partial charge in [-0.1, -0.05) is 13.3 Å². The van der Waals surface area contributed by atoms with E-state index in [0.29, 0.717) is 12.0 Å². The molecule has 1 aliphatic rings. The number of nitrogens with zero attached hydrogens (tertiary/aromatic N) is 5. The Kier molecular flexibility index (Phi) is 5.17. The van der Waals surface area contributed by atoms with Crippen LogP contribution in [-0.4, -0.2) is 45.4 Å². The normalized spacial score (nSPS) is 15.4. The zero-order valence-electron chi connectivity index (χ0n) is 17.1. The van der Waals surface area contributed by atoms with Crippen molar-refractivity contribution < 1.29 is 4.74 Å². The van der Waals surface area contributed by atoms with Gasteiger partial charge in [0.2, 0.25) is 5.95 Å². The molecular weight excluding hydrogens is 352 g/mol. The summed E-state index contributed by atoms with van der Waals surface area (Å²) in [5, 5.41) is 8.83. The van der Waals surface area contributed by atoms with Gasteiger partial charge in [-0.05, 0) is 50.1 Å². The summed E-state index contributed by atoms with van der Waals surface area (Å²) in [7, 11) is 3.85. The Bertz CT molecular complexity index is 982. The molecule has 0 spiro atoms. The van der Waals surface area contributed by atoms with Gasteiger partial charge in [0.15, 0.2) is 5.65 Å². The van der Waals surface area contributed by atoms with Crippen molar-refractivity contribution in [2.45, 2.75) is 45.7 Å². The molecule has 28 heavy (non-hydrogen) atoms. The maximum Gasteiger partial charge on any atom is 0.229 e. The SMILES string of the molecule is CCCC(C)n1ncc2cnc(Nc3cc4c(cc3OC)CCN(C)C4)nc21. The molecule has 1 aromatic carbocycles. The third-order valence-electron chi connectivity index (χ3n) is 5.43. The highest BCUT2D eigenvalue weighted by molar-refractivity contribution is 5.76. The number of benzene rings is 1. The highest BCUT2D eigenvalue weighted by Gasteiger charge is 2.18. The van der Waals surface area contributed by atoms with E-state index in [1.807, 2.05) is 17.1 Å². The van der Waals surface area contributed by atoms with Crippen LogP contribution in [0.5, 0.6) is 5.75 Å². The van der Waals surface area contributed by atoms with Crippen LogP contribution in [0.1, 0.15) is 43.9 Å². The summed E-state index contributed by atoms with van der Waals surface area (Å²) in [6.07, 6.45) is 6.88. The van der Waals surface area contributed by atoms with Gasteiger partial charge in [0.05, 0.1) is 30.4 Å². The fraction of sp³-hybridized carbons (Fsp3) is 0.476. The second kappa shape index (κ2) is 7.75. The minimum atomic E-state index is 0.305. The number of fused-ring (bicyclic) bond motifs is 2. The van der Waals surface area contributed by atoms with Crippen molar-refractivity contribution in [1.29, 1.82) is 0 Å². The number of aromatic nitrogens is 4. The number of hydrogen-bond donors (Lipinski definition) is 1. The third-order valence-corrected chi connectivity index (χ3v) is 5.43. The lowest BCUT2D eigenvalue weighted by Crippen LogP contribution is -2.26. The van der Waals surface area contributed by atoms with Crippen molar-refractivity contribution in [3.63, 3.8) is 0 Å². The number of methoxy groups -OCH3 is 1. The first-order valence-electron chi connectivity index (χ1n) is 9.94. The summed E-state index contributed by atoms with van der Waals surface area (Å²) in [6.45, 7) is 6.37. The first-order chi connectivity index (χ1) is 13.6. The predicted molar refractivity (Wildman–Crippen MR) is 111 cm³/mol. The fourth-order valence-electron chi connectivity index (χ4n) is 3.87. The number of likely N-dealkylation sites (N-methyl/N-ethyl adjacent to an activating group) is 1. The molecule has 0 saturated carbocycles. The van der Waals surface area contributed by atoms with Gasteiger partial charge < -0.3 is 15.0 Å². The van der Waals surface area contributed by atoms with Crippen LogP contribution in [0.15, 0.2) is 24.5 Å². The van der Waals surface area contributed by atoms with Crippen LogP contribution >= 0.6 is 0 Å². The van der Waals surface area contributed by atoms with E-state index >= 15 is 0 Å². The molecule has 4 rings (SSSR count). The zero-order chi connectivity index (χ0) is 19.7. The summed E-state index contributed by atoms with van der Waals surface area (Å²) in [4.78, 5) is 11.6. The molecule has 0 amide bonds. The second-order valence-corrected chi connectivity index (χ2v) is 7.63. The average Bonchev–Trinajstić information content (AvgIpc) is 3.11. The Morgan fingerprint density at radius 1 is 1.25 bits per heavy atom. The Morgan fingerprint density at radius 2 is 2.11 bits per heavy atom. The standard InChI is InChI=1S/C21H28N6O/c1-5-6-14(2)27-20-17(12-23-27)11-22-21(25-20)24-18-9-16-13-26(3)8-7-15(16)10-19(18)28-4/h9-12,14H,5-8,13H2,1-4H3,(H,22,24,25). The zero-order valence-corrected chi connectivity index (χ0v) is 17.1. The predicted octanol–water partition coefficient (Wildman–Crippen LogP) is 3.93. The molecule has 148 valence electrons. The fourth-order valence-corrected chi connectivity index (χ4v) is 3.87. The molecule has 3 heterocycles. The van der Waals surface area contributed by atoms with Gasteiger partial charge in [0.1, 0.15) is 5.75 Å². The van der Waals surface area contributed by atoms with Crippen LogP contribution < -0.4 is 10.1 Å². The van der Waals surface area contributed by atoms with E-state index in [0.717, 1.165) is 54.8 Å². The molecule has 3 aromatic rings. The Balaban J connectivity index is 1.68. The monoisotopic (exact) mass is 380 g/mol. The Morgan fingerprint density at radius 3 is 2.89 bits per heavy atom. The summed E-state index contributed by atoms with van der Waals surface area (Å²) in [5.41, 5.74) is 4.42. The molecule has 1 N–H and O–H groups in total. The van der Waals surface area contributed by atoms with Crippen LogP contribution in [-0.2, 0) is 13.0 Å². The minimum Gasteiger partial charge on any atom is -0.495 e. The van der Waals surface area contributed by atoms with Gasteiger partial charge in [-0.25, -0.2) is 9.67 Å². The minimum absolute atomic E-state index is 0.305. The number of anilines is 2. The van der Waals surface area contributed by atoms with Gasteiger partial charge in [0.25, 0.3) is 0 Å². The Hall–Kier alpha value is -2.67. The molecule has 7 nitrogen and oxygen atoms in total. The number of hydrogen-bond acceptors (Lipinski definition) is 6. The van der Waals surface area contributed by atoms with Crippen molar-refractivity contribution in [2.24, 2.45) is 0 Å². The third kappa shape index (κ3) is 3.54. The van der Waals surface area contributed by atoms with Gasteiger partial charge in [-0.15, -0.1) is 0 Å². The van der Waals surface area contributed by atoms with Crippen LogP contribution in [0.2, 0.25) is 0 Å². The molecule has 2 aromatic heterocycles. The van der Waals surface area contributed by atoms with Gasteiger partial charge in [-0.2, -0.15) is 10.1 Å². The highest BCUT2D eigenvalue weighted by atomic mass is 16.5. The second-order valence-electron chi connectivity index (χ2n) is 7.63. The molecule has 1 aliphatic heterocycles. The number of rotatable bonds is 6. The smallest absolute Gasteiger partial charge is 0.229 e. The quantitative estimate of drug-likeness (QED) is 0.699. The average molecular weight is 380 g/mol. The summed E-state index contributed by atoms with van der Waals surface area (Å²) >= 11 is 0. The molecule has 1 atom stereocenters. The van der Waals surface area contributed by atoms with E-state index in [-0.39, 0.29) is 0 Å². The lowest BCUT2D eigenvalue weighted by molar-refractivity contribution is 0.312. The molecule has 0 radical (unpaired) electrons. The van der Waals surface area contributed by atoms with Crippen molar-refractivity contribution in [3.8, 4) is 5.75 Å². The summed E-state index contributed by atoms with van der Waals surface area (Å²) in [5.74, 6) is 1.38. The number of ether oxygens (including phenoxy) is 1. The summed E-state index contributed by atoms with van der Waals surface area (Å²) < 4.78 is 7.62. The lowest BCUT2D eigenvalue weighted by Gasteiger charge is -2.26. The van der Waals surface area contributed by atoms with Crippen LogP contribution in [0.25, 0.3) is 11.0 Å². The first kappa shape index (κ1) is 18.7. The molecule has 0 bridgehead atoms.